The largest absolute Gasteiger partial charge is 0.337 e. The smallest absolute Gasteiger partial charge is 0.322 e. The second-order valence-corrected chi connectivity index (χ2v) is 6.46. The van der Waals surface area contributed by atoms with E-state index in [1.54, 1.807) is 4.90 Å². The number of anilines is 1. The van der Waals surface area contributed by atoms with Gasteiger partial charge in [0.15, 0.2) is 0 Å². The van der Waals surface area contributed by atoms with Gasteiger partial charge in [-0.3, -0.25) is 4.90 Å². The third-order valence-electron chi connectivity index (χ3n) is 4.08. The standard InChI is InChI=1S/C22H21ClN2O/c23-20-11-7-10-18(16-20)14-15-24-22(26)25(21-12-5-2-6-13-21)17-19-8-3-1-4-9-19/h1-13,16H,14-15,17H2,(H,24,26). The van der Waals surface area contributed by atoms with E-state index < -0.39 is 0 Å². The van der Waals surface area contributed by atoms with Gasteiger partial charge in [0.1, 0.15) is 0 Å². The summed E-state index contributed by atoms with van der Waals surface area (Å²) in [6.07, 6.45) is 0.736. The SMILES string of the molecule is O=C(NCCc1cccc(Cl)c1)N(Cc1ccccc1)c1ccccc1. The Balaban J connectivity index is 1.66. The Bertz CT molecular complexity index is 837. The Labute approximate surface area is 159 Å². The van der Waals surface area contributed by atoms with E-state index in [4.69, 9.17) is 11.6 Å². The van der Waals surface area contributed by atoms with E-state index in [9.17, 15) is 4.79 Å². The van der Waals surface area contributed by atoms with Crippen LogP contribution in [-0.4, -0.2) is 12.6 Å². The van der Waals surface area contributed by atoms with Crippen LogP contribution in [0.1, 0.15) is 11.1 Å². The minimum Gasteiger partial charge on any atom is -0.337 e. The van der Waals surface area contributed by atoms with E-state index in [2.05, 4.69) is 5.32 Å². The zero-order valence-corrected chi connectivity index (χ0v) is 15.2. The van der Waals surface area contributed by atoms with Crippen molar-refractivity contribution in [3.63, 3.8) is 0 Å². The average molecular weight is 365 g/mol. The molecule has 0 radical (unpaired) electrons. The molecule has 0 spiro atoms. The van der Waals surface area contributed by atoms with Crippen LogP contribution in [0.25, 0.3) is 0 Å². The summed E-state index contributed by atoms with van der Waals surface area (Å²) in [5, 5.41) is 3.73. The van der Waals surface area contributed by atoms with Crippen molar-refractivity contribution in [2.45, 2.75) is 13.0 Å². The fraction of sp³-hybridized carbons (Fsp3) is 0.136. The molecular formula is C22H21ClN2O. The number of benzene rings is 3. The molecule has 3 rings (SSSR count). The molecule has 1 N–H and O–H groups in total. The van der Waals surface area contributed by atoms with Crippen molar-refractivity contribution in [3.05, 3.63) is 101 Å². The molecule has 0 aliphatic heterocycles. The molecule has 0 aliphatic rings. The number of amides is 2. The van der Waals surface area contributed by atoms with Gasteiger partial charge >= 0.3 is 6.03 Å². The molecule has 4 heteroatoms. The van der Waals surface area contributed by atoms with E-state index in [1.807, 2.05) is 84.9 Å². The minimum atomic E-state index is -0.109. The van der Waals surface area contributed by atoms with Gasteiger partial charge in [-0.15, -0.1) is 0 Å². The summed E-state index contributed by atoms with van der Waals surface area (Å²) >= 11 is 6.01. The Morgan fingerprint density at radius 1 is 0.846 bits per heavy atom. The molecular weight excluding hydrogens is 344 g/mol. The zero-order valence-electron chi connectivity index (χ0n) is 14.4. The Morgan fingerprint density at radius 3 is 2.19 bits per heavy atom. The summed E-state index contributed by atoms with van der Waals surface area (Å²) in [6.45, 7) is 1.07. The van der Waals surface area contributed by atoms with E-state index in [-0.39, 0.29) is 6.03 Å². The van der Waals surface area contributed by atoms with E-state index in [0.29, 0.717) is 18.1 Å². The highest BCUT2D eigenvalue weighted by Crippen LogP contribution is 2.17. The number of carbonyl (C=O) groups excluding carboxylic acids is 1. The van der Waals surface area contributed by atoms with Crippen LogP contribution in [0.15, 0.2) is 84.9 Å². The van der Waals surface area contributed by atoms with Crippen LogP contribution in [0.5, 0.6) is 0 Å². The lowest BCUT2D eigenvalue weighted by Crippen LogP contribution is -2.40. The number of carbonyl (C=O) groups is 1. The first-order chi connectivity index (χ1) is 12.7. The molecule has 26 heavy (non-hydrogen) atoms. The average Bonchev–Trinajstić information content (AvgIpc) is 2.67. The van der Waals surface area contributed by atoms with E-state index in [1.165, 1.54) is 0 Å². The van der Waals surface area contributed by atoms with Crippen LogP contribution >= 0.6 is 11.6 Å². The Hall–Kier alpha value is -2.78. The third kappa shape index (κ3) is 5.11. The summed E-state index contributed by atoms with van der Waals surface area (Å²) < 4.78 is 0. The monoisotopic (exact) mass is 364 g/mol. The number of nitrogens with one attached hydrogen (secondary N) is 1. The fourth-order valence-electron chi connectivity index (χ4n) is 2.76. The normalized spacial score (nSPS) is 10.3. The predicted octanol–water partition coefficient (Wildman–Crippen LogP) is 5.30. The van der Waals surface area contributed by atoms with Crippen molar-refractivity contribution < 1.29 is 4.79 Å². The maximum Gasteiger partial charge on any atom is 0.322 e. The molecule has 0 saturated heterocycles. The minimum absolute atomic E-state index is 0.109. The van der Waals surface area contributed by atoms with Crippen molar-refractivity contribution in [2.75, 3.05) is 11.4 Å². The molecule has 3 aromatic carbocycles. The highest BCUT2D eigenvalue weighted by atomic mass is 35.5. The predicted molar refractivity (Wildman–Crippen MR) is 108 cm³/mol. The van der Waals surface area contributed by atoms with Crippen LogP contribution in [0.3, 0.4) is 0 Å². The van der Waals surface area contributed by atoms with Crippen LogP contribution in [0, 0.1) is 0 Å². The molecule has 0 saturated carbocycles. The quantitative estimate of drug-likeness (QED) is 0.632. The van der Waals surface area contributed by atoms with Crippen LogP contribution in [0.2, 0.25) is 5.02 Å². The van der Waals surface area contributed by atoms with Crippen LogP contribution in [-0.2, 0) is 13.0 Å². The van der Waals surface area contributed by atoms with Crippen molar-refractivity contribution in [1.29, 1.82) is 0 Å². The summed E-state index contributed by atoms with van der Waals surface area (Å²) in [5.74, 6) is 0. The van der Waals surface area contributed by atoms with Crippen LogP contribution in [0.4, 0.5) is 10.5 Å². The van der Waals surface area contributed by atoms with Gasteiger partial charge in [-0.05, 0) is 41.8 Å². The summed E-state index contributed by atoms with van der Waals surface area (Å²) in [7, 11) is 0. The van der Waals surface area contributed by atoms with Gasteiger partial charge < -0.3 is 5.32 Å². The molecule has 3 aromatic rings. The first-order valence-electron chi connectivity index (χ1n) is 8.61. The maximum atomic E-state index is 12.8. The zero-order chi connectivity index (χ0) is 18.2. The van der Waals surface area contributed by atoms with E-state index >= 15 is 0 Å². The lowest BCUT2D eigenvalue weighted by molar-refractivity contribution is 0.246. The second kappa shape index (κ2) is 9.07. The molecule has 0 aliphatic carbocycles. The molecule has 0 bridgehead atoms. The van der Waals surface area contributed by atoms with Gasteiger partial charge in [-0.1, -0.05) is 72.3 Å². The van der Waals surface area contributed by atoms with Crippen molar-refractivity contribution >= 4 is 23.3 Å². The van der Waals surface area contributed by atoms with E-state index in [0.717, 1.165) is 23.2 Å². The number of hydrogen-bond acceptors (Lipinski definition) is 1. The van der Waals surface area contributed by atoms with Gasteiger partial charge in [0.25, 0.3) is 0 Å². The number of hydrogen-bond donors (Lipinski definition) is 1. The van der Waals surface area contributed by atoms with Gasteiger partial charge in [0, 0.05) is 17.3 Å². The van der Waals surface area contributed by atoms with Crippen molar-refractivity contribution in [2.24, 2.45) is 0 Å². The first-order valence-corrected chi connectivity index (χ1v) is 8.99. The first kappa shape index (κ1) is 18.0. The lowest BCUT2D eigenvalue weighted by atomic mass is 10.1. The highest BCUT2D eigenvalue weighted by Gasteiger charge is 2.15. The van der Waals surface area contributed by atoms with Crippen LogP contribution < -0.4 is 10.2 Å². The number of urea groups is 1. The highest BCUT2D eigenvalue weighted by molar-refractivity contribution is 6.30. The summed E-state index contributed by atoms with van der Waals surface area (Å²) in [6, 6.07) is 27.3. The molecule has 0 atom stereocenters. The number of halogens is 1. The maximum absolute atomic E-state index is 12.8. The topological polar surface area (TPSA) is 32.3 Å². The number of rotatable bonds is 6. The molecule has 0 aromatic heterocycles. The van der Waals surface area contributed by atoms with Gasteiger partial charge in [-0.25, -0.2) is 4.79 Å². The molecule has 3 nitrogen and oxygen atoms in total. The molecule has 0 unspecified atom stereocenters. The Kier molecular flexibility index (Phi) is 6.29. The fourth-order valence-corrected chi connectivity index (χ4v) is 2.97. The molecule has 2 amide bonds. The van der Waals surface area contributed by atoms with Crippen molar-refractivity contribution in [1.82, 2.24) is 5.32 Å². The van der Waals surface area contributed by atoms with Gasteiger partial charge in [-0.2, -0.15) is 0 Å². The Morgan fingerprint density at radius 2 is 1.50 bits per heavy atom. The summed E-state index contributed by atoms with van der Waals surface area (Å²) in [4.78, 5) is 14.6. The molecule has 132 valence electrons. The van der Waals surface area contributed by atoms with Crippen molar-refractivity contribution in [3.8, 4) is 0 Å². The lowest BCUT2D eigenvalue weighted by Gasteiger charge is -2.23. The number of para-hydroxylation sites is 1. The molecule has 0 heterocycles. The van der Waals surface area contributed by atoms with Gasteiger partial charge in [0.05, 0.1) is 6.54 Å². The molecule has 0 fully saturated rings. The third-order valence-corrected chi connectivity index (χ3v) is 4.31. The number of nitrogens with zero attached hydrogens (tertiary/aromatic N) is 1. The second-order valence-electron chi connectivity index (χ2n) is 6.02. The van der Waals surface area contributed by atoms with Gasteiger partial charge in [0.2, 0.25) is 0 Å². The summed E-state index contributed by atoms with van der Waals surface area (Å²) in [5.41, 5.74) is 3.06.